The molecule has 8 heteroatoms. The first kappa shape index (κ1) is 24.7. The second kappa shape index (κ2) is 9.16. The second-order valence-electron chi connectivity index (χ2n) is 11.0. The van der Waals surface area contributed by atoms with Gasteiger partial charge in [-0.2, -0.15) is 0 Å². The van der Waals surface area contributed by atoms with E-state index in [4.69, 9.17) is 9.47 Å². The van der Waals surface area contributed by atoms with E-state index < -0.39 is 47.1 Å². The number of carbonyl (C=O) groups is 3. The summed E-state index contributed by atoms with van der Waals surface area (Å²) in [7, 11) is 0. The molecule has 0 saturated carbocycles. The van der Waals surface area contributed by atoms with Gasteiger partial charge in [0, 0.05) is 12.1 Å². The van der Waals surface area contributed by atoms with Crippen molar-refractivity contribution in [3.05, 3.63) is 60.2 Å². The first-order valence-electron chi connectivity index (χ1n) is 12.7. The Hall–Kier alpha value is -2.97. The van der Waals surface area contributed by atoms with Crippen molar-refractivity contribution in [2.75, 3.05) is 19.8 Å². The minimum absolute atomic E-state index is 0.236. The predicted molar refractivity (Wildman–Crippen MR) is 132 cm³/mol. The quantitative estimate of drug-likeness (QED) is 0.507. The van der Waals surface area contributed by atoms with Crippen LogP contribution in [0, 0.1) is 11.8 Å². The molecule has 4 heterocycles. The second-order valence-corrected chi connectivity index (χ2v) is 11.0. The maximum absolute atomic E-state index is 14.3. The van der Waals surface area contributed by atoms with Crippen molar-refractivity contribution in [3.8, 4) is 0 Å². The summed E-state index contributed by atoms with van der Waals surface area (Å²) in [5.41, 5.74) is -0.902. The van der Waals surface area contributed by atoms with Crippen molar-refractivity contribution in [3.63, 3.8) is 0 Å². The number of aliphatic hydroxyl groups excluding tert-OH is 1. The molecule has 1 aromatic carbocycles. The van der Waals surface area contributed by atoms with E-state index >= 15 is 0 Å². The van der Waals surface area contributed by atoms with Crippen LogP contribution in [0.25, 0.3) is 0 Å². The minimum Gasteiger partial charge on any atom is -0.465 e. The van der Waals surface area contributed by atoms with Crippen LogP contribution in [0.2, 0.25) is 0 Å². The summed E-state index contributed by atoms with van der Waals surface area (Å²) in [6.07, 6.45) is 7.67. The number of hydrogen-bond donors (Lipinski definition) is 1. The number of esters is 1. The van der Waals surface area contributed by atoms with Gasteiger partial charge in [-0.1, -0.05) is 54.6 Å². The summed E-state index contributed by atoms with van der Waals surface area (Å²) >= 11 is 0. The molecule has 0 radical (unpaired) electrons. The minimum atomic E-state index is -1.33. The lowest BCUT2D eigenvalue weighted by Crippen LogP contribution is -2.61. The molecule has 1 aromatic rings. The normalized spacial score (nSPS) is 32.8. The summed E-state index contributed by atoms with van der Waals surface area (Å²) in [6, 6.07) is 7.89. The highest BCUT2D eigenvalue weighted by atomic mass is 16.6. The highest BCUT2D eigenvalue weighted by Crippen LogP contribution is 2.54. The molecular weight excluding hydrogens is 460 g/mol. The fourth-order valence-corrected chi connectivity index (χ4v) is 6.18. The average Bonchev–Trinajstić information content (AvgIpc) is 3.21. The summed E-state index contributed by atoms with van der Waals surface area (Å²) in [5, 5.41) is 10.5. The Kier molecular flexibility index (Phi) is 6.29. The summed E-state index contributed by atoms with van der Waals surface area (Å²) in [4.78, 5) is 44.9. The smallest absolute Gasteiger partial charge is 0.312 e. The number of aliphatic hydroxyl groups is 1. The van der Waals surface area contributed by atoms with Crippen LogP contribution in [0.1, 0.15) is 32.8 Å². The monoisotopic (exact) mass is 494 g/mol. The highest BCUT2D eigenvalue weighted by molar-refractivity contribution is 5.99. The third-order valence-corrected chi connectivity index (χ3v) is 7.79. The van der Waals surface area contributed by atoms with E-state index in [0.717, 1.165) is 5.56 Å². The molecule has 4 aliphatic rings. The van der Waals surface area contributed by atoms with Crippen LogP contribution in [0.4, 0.5) is 0 Å². The zero-order chi connectivity index (χ0) is 25.7. The van der Waals surface area contributed by atoms with Crippen molar-refractivity contribution in [1.29, 1.82) is 0 Å². The topological polar surface area (TPSA) is 96.4 Å². The summed E-state index contributed by atoms with van der Waals surface area (Å²) < 4.78 is 12.0. The predicted octanol–water partition coefficient (Wildman–Crippen LogP) is 1.87. The van der Waals surface area contributed by atoms with Gasteiger partial charge in [0.2, 0.25) is 11.8 Å². The molecule has 192 valence electrons. The molecule has 1 spiro atoms. The zero-order valence-corrected chi connectivity index (χ0v) is 21.0. The number of rotatable bonds is 4. The van der Waals surface area contributed by atoms with Gasteiger partial charge in [0.15, 0.2) is 0 Å². The lowest BCUT2D eigenvalue weighted by atomic mass is 9.77. The van der Waals surface area contributed by atoms with Crippen LogP contribution in [0.5, 0.6) is 0 Å². The van der Waals surface area contributed by atoms with Gasteiger partial charge in [-0.05, 0) is 39.2 Å². The summed E-state index contributed by atoms with van der Waals surface area (Å²) in [5.74, 6) is -2.88. The number of cyclic esters (lactones) is 1. The van der Waals surface area contributed by atoms with Crippen LogP contribution < -0.4 is 0 Å². The molecule has 0 aromatic heterocycles. The molecular formula is C28H34N2O6. The SMILES string of the molecule is CC(C)(C)N1CC=C[C@]23O[C@H]4C=CCCOC(=O)[C@H]4[C@H]2C(=O)N([C@@H](CO)Cc2ccccc2)C3C1=O. The fourth-order valence-electron chi connectivity index (χ4n) is 6.18. The van der Waals surface area contributed by atoms with Crippen molar-refractivity contribution >= 4 is 17.8 Å². The molecule has 1 unspecified atom stereocenters. The van der Waals surface area contributed by atoms with E-state index in [1.54, 1.807) is 4.90 Å². The van der Waals surface area contributed by atoms with Crippen LogP contribution in [0.3, 0.4) is 0 Å². The van der Waals surface area contributed by atoms with Crippen molar-refractivity contribution < 1.29 is 29.0 Å². The fraction of sp³-hybridized carbons (Fsp3) is 0.536. The molecule has 36 heavy (non-hydrogen) atoms. The number of likely N-dealkylation sites (tertiary alicyclic amines) is 1. The van der Waals surface area contributed by atoms with E-state index in [9.17, 15) is 19.5 Å². The van der Waals surface area contributed by atoms with E-state index in [1.807, 2.05) is 75.4 Å². The Balaban J connectivity index is 1.64. The Morgan fingerprint density at radius 1 is 1.11 bits per heavy atom. The standard InChI is InChI=1S/C28H34N2O6/c1-27(2,3)29-14-9-13-28-22(21-20(36-28)12-7-8-15-35-26(21)34)24(32)30(23(28)25(29)33)19(17-31)16-18-10-5-4-6-11-18/h4-7,9-13,19-23,31H,8,14-17H2,1-3H3/t19-,20+,21-,22+,23?,28+/m1/s1. The Morgan fingerprint density at radius 3 is 2.56 bits per heavy atom. The van der Waals surface area contributed by atoms with Gasteiger partial charge >= 0.3 is 5.97 Å². The third kappa shape index (κ3) is 3.87. The number of hydrogen-bond acceptors (Lipinski definition) is 6. The maximum atomic E-state index is 14.3. The van der Waals surface area contributed by atoms with Gasteiger partial charge in [0.1, 0.15) is 17.6 Å². The van der Waals surface area contributed by atoms with Crippen LogP contribution >= 0.6 is 0 Å². The van der Waals surface area contributed by atoms with Crippen molar-refractivity contribution in [2.45, 2.75) is 62.9 Å². The van der Waals surface area contributed by atoms with E-state index in [0.29, 0.717) is 19.4 Å². The lowest BCUT2D eigenvalue weighted by Gasteiger charge is -2.42. The van der Waals surface area contributed by atoms with E-state index in [1.165, 1.54) is 4.90 Å². The molecule has 4 aliphatic heterocycles. The first-order valence-corrected chi connectivity index (χ1v) is 12.7. The van der Waals surface area contributed by atoms with Crippen LogP contribution in [0.15, 0.2) is 54.6 Å². The Morgan fingerprint density at radius 2 is 1.86 bits per heavy atom. The molecule has 6 atom stereocenters. The molecule has 5 rings (SSSR count). The molecule has 2 fully saturated rings. The zero-order valence-electron chi connectivity index (χ0n) is 21.0. The number of carbonyl (C=O) groups excluding carboxylic acids is 3. The average molecular weight is 495 g/mol. The molecule has 0 aliphatic carbocycles. The lowest BCUT2D eigenvalue weighted by molar-refractivity contribution is -0.157. The van der Waals surface area contributed by atoms with Gasteiger partial charge in [-0.3, -0.25) is 14.4 Å². The molecule has 2 saturated heterocycles. The number of benzene rings is 1. The third-order valence-electron chi connectivity index (χ3n) is 7.79. The number of ether oxygens (including phenoxy) is 2. The van der Waals surface area contributed by atoms with E-state index in [-0.39, 0.29) is 25.0 Å². The highest BCUT2D eigenvalue weighted by Gasteiger charge is 2.72. The Bertz CT molecular complexity index is 1090. The van der Waals surface area contributed by atoms with Gasteiger partial charge < -0.3 is 24.4 Å². The van der Waals surface area contributed by atoms with Gasteiger partial charge in [-0.15, -0.1) is 0 Å². The van der Waals surface area contributed by atoms with Crippen LogP contribution in [-0.2, 0) is 30.3 Å². The largest absolute Gasteiger partial charge is 0.465 e. The van der Waals surface area contributed by atoms with E-state index in [2.05, 4.69) is 0 Å². The Labute approximate surface area is 211 Å². The summed E-state index contributed by atoms with van der Waals surface area (Å²) in [6.45, 7) is 6.12. The number of amides is 2. The van der Waals surface area contributed by atoms with Crippen molar-refractivity contribution in [1.82, 2.24) is 9.80 Å². The molecule has 1 N–H and O–H groups in total. The molecule has 2 amide bonds. The molecule has 0 bridgehead atoms. The first-order chi connectivity index (χ1) is 17.2. The van der Waals surface area contributed by atoms with Crippen LogP contribution in [-0.4, -0.2) is 81.8 Å². The number of fused-ring (bicyclic) bond motifs is 2. The van der Waals surface area contributed by atoms with Gasteiger partial charge in [0.25, 0.3) is 0 Å². The van der Waals surface area contributed by atoms with Gasteiger partial charge in [-0.25, -0.2) is 0 Å². The maximum Gasteiger partial charge on any atom is 0.312 e. The molecule has 8 nitrogen and oxygen atoms in total. The van der Waals surface area contributed by atoms with Gasteiger partial charge in [0.05, 0.1) is 31.3 Å². The van der Waals surface area contributed by atoms with Crippen molar-refractivity contribution in [2.24, 2.45) is 11.8 Å². The number of nitrogens with zero attached hydrogens (tertiary/aromatic N) is 2.